The van der Waals surface area contributed by atoms with Crippen molar-refractivity contribution in [3.8, 4) is 5.75 Å². The zero-order valence-corrected chi connectivity index (χ0v) is 29.4. The molecular weight excluding hydrogens is 623 g/mol. The van der Waals surface area contributed by atoms with Gasteiger partial charge in [-0.05, 0) is 140 Å². The second-order valence-corrected chi connectivity index (χ2v) is 13.0. The Bertz CT molecular complexity index is 2030. The quantitative estimate of drug-likeness (QED) is 0.149. The Balaban J connectivity index is 1.29. The lowest BCUT2D eigenvalue weighted by molar-refractivity contribution is 0.475. The standard InChI is InChI=1S/C47H43N3O/c1-4-36(3)37-21-23-40(24-22-37)48(41-25-29-43(30-26-41)49(38-14-7-5-8-15-38)45-18-11-13-35(2)33-45)42-27-31-44(32-28-42)50(39-16-9-6-10-17-39)46-19-12-20-47(51)34-46/h5-34,36,51H,4H2,1-3H3. The van der Waals surface area contributed by atoms with E-state index in [9.17, 15) is 5.11 Å². The fourth-order valence-corrected chi connectivity index (χ4v) is 6.58. The number of aryl methyl sites for hydroxylation is 1. The molecule has 0 saturated heterocycles. The minimum absolute atomic E-state index is 0.230. The molecule has 0 amide bonds. The molecule has 51 heavy (non-hydrogen) atoms. The highest BCUT2D eigenvalue weighted by molar-refractivity contribution is 5.83. The van der Waals surface area contributed by atoms with Gasteiger partial charge in [-0.1, -0.05) is 80.6 Å². The lowest BCUT2D eigenvalue weighted by Crippen LogP contribution is -2.13. The first kappa shape index (κ1) is 33.2. The van der Waals surface area contributed by atoms with Crippen LogP contribution in [0.5, 0.6) is 5.75 Å². The van der Waals surface area contributed by atoms with Crippen molar-refractivity contribution in [3.63, 3.8) is 0 Å². The van der Waals surface area contributed by atoms with Gasteiger partial charge in [0.2, 0.25) is 0 Å². The minimum Gasteiger partial charge on any atom is -0.508 e. The van der Waals surface area contributed by atoms with Gasteiger partial charge in [0.1, 0.15) is 5.75 Å². The van der Waals surface area contributed by atoms with Gasteiger partial charge in [-0.15, -0.1) is 0 Å². The molecule has 7 rings (SSSR count). The molecule has 0 aliphatic rings. The van der Waals surface area contributed by atoms with Crippen LogP contribution in [0, 0.1) is 6.92 Å². The lowest BCUT2D eigenvalue weighted by atomic mass is 9.98. The third kappa shape index (κ3) is 7.36. The molecule has 4 nitrogen and oxygen atoms in total. The Morgan fingerprint density at radius 1 is 0.412 bits per heavy atom. The first-order valence-electron chi connectivity index (χ1n) is 17.6. The van der Waals surface area contributed by atoms with Crippen molar-refractivity contribution in [2.24, 2.45) is 0 Å². The highest BCUT2D eigenvalue weighted by atomic mass is 16.3. The number of hydrogen-bond donors (Lipinski definition) is 1. The number of benzene rings is 7. The Morgan fingerprint density at radius 2 is 0.765 bits per heavy atom. The Kier molecular flexibility index (Phi) is 9.84. The second-order valence-electron chi connectivity index (χ2n) is 13.0. The van der Waals surface area contributed by atoms with E-state index in [2.05, 4.69) is 175 Å². The van der Waals surface area contributed by atoms with E-state index >= 15 is 0 Å². The summed E-state index contributed by atoms with van der Waals surface area (Å²) in [5.41, 5.74) is 12.0. The van der Waals surface area contributed by atoms with Crippen LogP contribution in [0.15, 0.2) is 182 Å². The molecule has 0 aromatic heterocycles. The van der Waals surface area contributed by atoms with Gasteiger partial charge in [0.05, 0.1) is 0 Å². The normalized spacial score (nSPS) is 11.5. The maximum atomic E-state index is 10.4. The first-order chi connectivity index (χ1) is 25.0. The van der Waals surface area contributed by atoms with E-state index in [-0.39, 0.29) is 5.75 Å². The molecule has 4 heteroatoms. The summed E-state index contributed by atoms with van der Waals surface area (Å²) < 4.78 is 0. The van der Waals surface area contributed by atoms with Gasteiger partial charge in [0.15, 0.2) is 0 Å². The van der Waals surface area contributed by atoms with Gasteiger partial charge in [0, 0.05) is 57.3 Å². The fraction of sp³-hybridized carbons (Fsp3) is 0.106. The molecule has 0 spiro atoms. The third-order valence-corrected chi connectivity index (χ3v) is 9.44. The number of aromatic hydroxyl groups is 1. The Hall–Kier alpha value is -6.26. The number of hydrogen-bond acceptors (Lipinski definition) is 4. The van der Waals surface area contributed by atoms with Crippen LogP contribution in [0.2, 0.25) is 0 Å². The summed E-state index contributed by atoms with van der Waals surface area (Å²) in [6.07, 6.45) is 1.10. The van der Waals surface area contributed by atoms with Crippen LogP contribution >= 0.6 is 0 Å². The van der Waals surface area contributed by atoms with Crippen LogP contribution < -0.4 is 14.7 Å². The molecule has 0 heterocycles. The maximum absolute atomic E-state index is 10.4. The van der Waals surface area contributed by atoms with Crippen molar-refractivity contribution in [1.29, 1.82) is 0 Å². The SMILES string of the molecule is CCC(C)c1ccc(N(c2ccc(N(c3ccccc3)c3cccc(C)c3)cc2)c2ccc(N(c3ccccc3)c3cccc(O)c3)cc2)cc1. The van der Waals surface area contributed by atoms with Crippen LogP contribution in [0.1, 0.15) is 37.3 Å². The van der Waals surface area contributed by atoms with Gasteiger partial charge in [-0.3, -0.25) is 0 Å². The maximum Gasteiger partial charge on any atom is 0.117 e. The topological polar surface area (TPSA) is 30.0 Å². The van der Waals surface area contributed by atoms with E-state index in [0.717, 1.165) is 57.6 Å². The summed E-state index contributed by atoms with van der Waals surface area (Å²) in [5.74, 6) is 0.729. The third-order valence-electron chi connectivity index (χ3n) is 9.44. The van der Waals surface area contributed by atoms with Gasteiger partial charge in [0.25, 0.3) is 0 Å². The number of rotatable bonds is 11. The molecule has 0 aliphatic heterocycles. The molecular formula is C47H43N3O. The summed E-state index contributed by atoms with van der Waals surface area (Å²) in [5, 5.41) is 10.4. The van der Waals surface area contributed by atoms with E-state index in [1.807, 2.05) is 30.3 Å². The van der Waals surface area contributed by atoms with Gasteiger partial charge >= 0.3 is 0 Å². The smallest absolute Gasteiger partial charge is 0.117 e. The van der Waals surface area contributed by atoms with Crippen LogP contribution in [0.3, 0.4) is 0 Å². The number of phenolic OH excluding ortho intramolecular Hbond substituents is 1. The number of para-hydroxylation sites is 2. The minimum atomic E-state index is 0.230. The number of anilines is 9. The zero-order chi connectivity index (χ0) is 35.2. The van der Waals surface area contributed by atoms with Crippen molar-refractivity contribution >= 4 is 51.2 Å². The van der Waals surface area contributed by atoms with Crippen molar-refractivity contribution in [2.75, 3.05) is 14.7 Å². The highest BCUT2D eigenvalue weighted by Gasteiger charge is 2.18. The van der Waals surface area contributed by atoms with E-state index in [4.69, 9.17) is 0 Å². The zero-order valence-electron chi connectivity index (χ0n) is 29.4. The first-order valence-corrected chi connectivity index (χ1v) is 17.6. The van der Waals surface area contributed by atoms with E-state index < -0.39 is 0 Å². The van der Waals surface area contributed by atoms with E-state index in [0.29, 0.717) is 5.92 Å². The van der Waals surface area contributed by atoms with E-state index in [1.165, 1.54) is 11.1 Å². The predicted octanol–water partition coefficient (Wildman–Crippen LogP) is 13.6. The largest absolute Gasteiger partial charge is 0.508 e. The summed E-state index contributed by atoms with van der Waals surface area (Å²) >= 11 is 0. The summed E-state index contributed by atoms with van der Waals surface area (Å²) in [6, 6.07) is 63.3. The van der Waals surface area contributed by atoms with E-state index in [1.54, 1.807) is 12.1 Å². The summed E-state index contributed by atoms with van der Waals surface area (Å²) in [7, 11) is 0. The molecule has 1 N–H and O–H groups in total. The Labute approximate surface area is 302 Å². The van der Waals surface area contributed by atoms with Crippen molar-refractivity contribution in [2.45, 2.75) is 33.1 Å². The van der Waals surface area contributed by atoms with Crippen LogP contribution in [0.4, 0.5) is 51.2 Å². The monoisotopic (exact) mass is 665 g/mol. The van der Waals surface area contributed by atoms with Gasteiger partial charge < -0.3 is 19.8 Å². The molecule has 0 aliphatic carbocycles. The molecule has 0 bridgehead atoms. The molecule has 1 atom stereocenters. The molecule has 0 radical (unpaired) electrons. The predicted molar refractivity (Wildman–Crippen MR) is 216 cm³/mol. The molecule has 0 fully saturated rings. The highest BCUT2D eigenvalue weighted by Crippen LogP contribution is 2.42. The van der Waals surface area contributed by atoms with Crippen molar-refractivity contribution in [3.05, 3.63) is 193 Å². The average Bonchev–Trinajstić information content (AvgIpc) is 3.17. The van der Waals surface area contributed by atoms with Gasteiger partial charge in [-0.25, -0.2) is 0 Å². The average molecular weight is 666 g/mol. The fourth-order valence-electron chi connectivity index (χ4n) is 6.58. The van der Waals surface area contributed by atoms with Gasteiger partial charge in [-0.2, -0.15) is 0 Å². The summed E-state index contributed by atoms with van der Waals surface area (Å²) in [6.45, 7) is 6.65. The van der Waals surface area contributed by atoms with Crippen LogP contribution in [-0.4, -0.2) is 5.11 Å². The lowest BCUT2D eigenvalue weighted by Gasteiger charge is -2.29. The van der Waals surface area contributed by atoms with Crippen molar-refractivity contribution < 1.29 is 5.11 Å². The molecule has 7 aromatic rings. The summed E-state index contributed by atoms with van der Waals surface area (Å²) in [4.78, 5) is 6.78. The van der Waals surface area contributed by atoms with Crippen molar-refractivity contribution in [1.82, 2.24) is 0 Å². The molecule has 1 unspecified atom stereocenters. The number of phenols is 1. The molecule has 252 valence electrons. The second kappa shape index (κ2) is 15.1. The number of nitrogens with zero attached hydrogens (tertiary/aromatic N) is 3. The van der Waals surface area contributed by atoms with Crippen LogP contribution in [0.25, 0.3) is 0 Å². The van der Waals surface area contributed by atoms with Crippen LogP contribution in [-0.2, 0) is 0 Å². The Morgan fingerprint density at radius 3 is 1.18 bits per heavy atom. The molecule has 7 aromatic carbocycles. The molecule has 0 saturated carbocycles.